The van der Waals surface area contributed by atoms with E-state index in [4.69, 9.17) is 5.14 Å². The maximum absolute atomic E-state index is 12.5. The number of hydrogen-bond donors (Lipinski definition) is 2. The van der Waals surface area contributed by atoms with Gasteiger partial charge in [0.05, 0.1) is 5.75 Å². The first kappa shape index (κ1) is 16.4. The molecule has 0 aromatic heterocycles. The number of hydrogen-bond acceptors (Lipinski definition) is 4. The molecule has 1 aromatic carbocycles. The molecular formula is C14H18N2O5S. The van der Waals surface area contributed by atoms with Crippen molar-refractivity contribution in [1.29, 1.82) is 0 Å². The monoisotopic (exact) mass is 326 g/mol. The number of benzene rings is 1. The van der Waals surface area contributed by atoms with E-state index in [-0.39, 0.29) is 11.3 Å². The van der Waals surface area contributed by atoms with E-state index in [9.17, 15) is 23.1 Å². The molecule has 1 saturated heterocycles. The Labute approximate surface area is 128 Å². The summed E-state index contributed by atoms with van der Waals surface area (Å²) in [5.41, 5.74) is 0.673. The van der Waals surface area contributed by atoms with Gasteiger partial charge >= 0.3 is 5.97 Å². The summed E-state index contributed by atoms with van der Waals surface area (Å²) in [4.78, 5) is 25.1. The van der Waals surface area contributed by atoms with Crippen molar-refractivity contribution in [1.82, 2.24) is 4.90 Å². The fourth-order valence-corrected chi connectivity index (χ4v) is 3.27. The second-order valence-electron chi connectivity index (χ2n) is 5.36. The van der Waals surface area contributed by atoms with Gasteiger partial charge in [-0.1, -0.05) is 12.1 Å². The largest absolute Gasteiger partial charge is 0.480 e. The van der Waals surface area contributed by atoms with E-state index in [1.165, 1.54) is 11.0 Å². The average Bonchev–Trinajstić information content (AvgIpc) is 2.45. The van der Waals surface area contributed by atoms with E-state index in [0.717, 1.165) is 12.8 Å². The lowest BCUT2D eigenvalue weighted by atomic mass is 10.0. The molecule has 1 aromatic rings. The van der Waals surface area contributed by atoms with E-state index in [1.54, 1.807) is 18.2 Å². The number of carbonyl (C=O) groups excluding carboxylic acids is 1. The Morgan fingerprint density at radius 2 is 2.05 bits per heavy atom. The number of sulfonamides is 1. The van der Waals surface area contributed by atoms with Crippen molar-refractivity contribution < 1.29 is 23.1 Å². The minimum atomic E-state index is -3.69. The van der Waals surface area contributed by atoms with Crippen LogP contribution < -0.4 is 5.14 Å². The van der Waals surface area contributed by atoms with Crippen molar-refractivity contribution >= 4 is 21.9 Å². The van der Waals surface area contributed by atoms with Crippen molar-refractivity contribution in [2.24, 2.45) is 5.14 Å². The minimum absolute atomic E-state index is 0.272. The summed E-state index contributed by atoms with van der Waals surface area (Å²) in [5, 5.41) is 14.2. The Bertz CT molecular complexity index is 686. The molecule has 1 aliphatic rings. The van der Waals surface area contributed by atoms with Crippen LogP contribution in [0.3, 0.4) is 0 Å². The topological polar surface area (TPSA) is 118 Å². The highest BCUT2D eigenvalue weighted by Crippen LogP contribution is 2.20. The van der Waals surface area contributed by atoms with Crippen molar-refractivity contribution in [3.8, 4) is 0 Å². The van der Waals surface area contributed by atoms with E-state index in [1.807, 2.05) is 0 Å². The first-order chi connectivity index (χ1) is 10.3. The van der Waals surface area contributed by atoms with Crippen LogP contribution in [0.5, 0.6) is 0 Å². The molecule has 0 aliphatic carbocycles. The molecule has 22 heavy (non-hydrogen) atoms. The number of primary sulfonamides is 1. The van der Waals surface area contributed by atoms with Gasteiger partial charge in [-0.05, 0) is 37.0 Å². The number of piperidine rings is 1. The molecule has 1 fully saturated rings. The Morgan fingerprint density at radius 1 is 1.32 bits per heavy atom. The zero-order valence-electron chi connectivity index (χ0n) is 11.9. The minimum Gasteiger partial charge on any atom is -0.480 e. The zero-order valence-corrected chi connectivity index (χ0v) is 12.8. The Balaban J connectivity index is 2.25. The molecule has 8 heteroatoms. The second kappa shape index (κ2) is 6.45. The average molecular weight is 326 g/mol. The summed E-state index contributed by atoms with van der Waals surface area (Å²) >= 11 is 0. The summed E-state index contributed by atoms with van der Waals surface area (Å²) in [6, 6.07) is 5.28. The van der Waals surface area contributed by atoms with Gasteiger partial charge in [-0.2, -0.15) is 0 Å². The molecule has 1 atom stereocenters. The Morgan fingerprint density at radius 3 is 2.68 bits per heavy atom. The van der Waals surface area contributed by atoms with Gasteiger partial charge in [0, 0.05) is 12.1 Å². The maximum Gasteiger partial charge on any atom is 0.326 e. The van der Waals surface area contributed by atoms with Gasteiger partial charge < -0.3 is 10.0 Å². The molecule has 0 saturated carbocycles. The Hall–Kier alpha value is -1.93. The van der Waals surface area contributed by atoms with Crippen LogP contribution in [0.1, 0.15) is 35.2 Å². The third-order valence-corrected chi connectivity index (χ3v) is 4.33. The molecule has 2 rings (SSSR count). The van der Waals surface area contributed by atoms with Crippen LogP contribution in [-0.2, 0) is 20.6 Å². The van der Waals surface area contributed by atoms with Gasteiger partial charge in [-0.3, -0.25) is 4.79 Å². The molecule has 1 amide bonds. The molecular weight excluding hydrogens is 308 g/mol. The number of nitrogens with two attached hydrogens (primary N) is 1. The summed E-state index contributed by atoms with van der Waals surface area (Å²) in [5.74, 6) is -1.78. The van der Waals surface area contributed by atoms with Crippen LogP contribution in [0.2, 0.25) is 0 Å². The van der Waals surface area contributed by atoms with Crippen LogP contribution >= 0.6 is 0 Å². The first-order valence-corrected chi connectivity index (χ1v) is 8.62. The number of amides is 1. The standard InChI is InChI=1S/C14H18N2O5S/c15-22(20,21)9-10-4-3-5-11(8-10)13(17)16-7-2-1-6-12(16)14(18)19/h3-5,8,12H,1-2,6-7,9H2,(H,18,19)(H2,15,20,21)/t12-/m0/s1. The highest BCUT2D eigenvalue weighted by Gasteiger charge is 2.32. The number of carboxylic acids is 1. The first-order valence-electron chi connectivity index (χ1n) is 6.91. The second-order valence-corrected chi connectivity index (χ2v) is 6.97. The molecule has 0 bridgehead atoms. The lowest BCUT2D eigenvalue weighted by Crippen LogP contribution is -2.48. The summed E-state index contributed by atoms with van der Waals surface area (Å²) in [6.07, 6.45) is 1.95. The van der Waals surface area contributed by atoms with E-state index in [0.29, 0.717) is 18.5 Å². The molecule has 0 radical (unpaired) electrons. The molecule has 7 nitrogen and oxygen atoms in total. The van der Waals surface area contributed by atoms with Crippen LogP contribution in [0.4, 0.5) is 0 Å². The lowest BCUT2D eigenvalue weighted by molar-refractivity contribution is -0.143. The summed E-state index contributed by atoms with van der Waals surface area (Å²) < 4.78 is 22.3. The molecule has 0 unspecified atom stereocenters. The van der Waals surface area contributed by atoms with Crippen LogP contribution in [-0.4, -0.2) is 42.9 Å². The van der Waals surface area contributed by atoms with E-state index in [2.05, 4.69) is 0 Å². The number of rotatable bonds is 4. The SMILES string of the molecule is NS(=O)(=O)Cc1cccc(C(=O)N2CCCC[C@H]2C(=O)O)c1. The quantitative estimate of drug-likeness (QED) is 0.838. The van der Waals surface area contributed by atoms with Crippen LogP contribution in [0.25, 0.3) is 0 Å². The van der Waals surface area contributed by atoms with Crippen LogP contribution in [0, 0.1) is 0 Å². The molecule has 120 valence electrons. The van der Waals surface area contributed by atoms with Crippen molar-refractivity contribution in [3.05, 3.63) is 35.4 Å². The van der Waals surface area contributed by atoms with Gasteiger partial charge in [-0.15, -0.1) is 0 Å². The predicted octanol–water partition coefficient (Wildman–Crippen LogP) is 0.554. The third kappa shape index (κ3) is 4.05. The van der Waals surface area contributed by atoms with Crippen molar-refractivity contribution in [3.63, 3.8) is 0 Å². The van der Waals surface area contributed by atoms with E-state index < -0.39 is 27.9 Å². The number of nitrogens with zero attached hydrogens (tertiary/aromatic N) is 1. The molecule has 1 aliphatic heterocycles. The fraction of sp³-hybridized carbons (Fsp3) is 0.429. The lowest BCUT2D eigenvalue weighted by Gasteiger charge is -2.33. The molecule has 1 heterocycles. The van der Waals surface area contributed by atoms with Gasteiger partial charge in [0.25, 0.3) is 5.91 Å². The third-order valence-electron chi connectivity index (χ3n) is 3.59. The highest BCUT2D eigenvalue weighted by atomic mass is 32.2. The number of carbonyl (C=O) groups is 2. The van der Waals surface area contributed by atoms with Crippen molar-refractivity contribution in [2.75, 3.05) is 6.54 Å². The van der Waals surface area contributed by atoms with Gasteiger partial charge in [0.2, 0.25) is 10.0 Å². The van der Waals surface area contributed by atoms with E-state index >= 15 is 0 Å². The number of aliphatic carboxylic acids is 1. The smallest absolute Gasteiger partial charge is 0.326 e. The summed E-state index contributed by atoms with van der Waals surface area (Å²) in [7, 11) is -3.69. The maximum atomic E-state index is 12.5. The number of likely N-dealkylation sites (tertiary alicyclic amines) is 1. The predicted molar refractivity (Wildman–Crippen MR) is 79.6 cm³/mol. The zero-order chi connectivity index (χ0) is 16.3. The van der Waals surface area contributed by atoms with Gasteiger partial charge in [0.1, 0.15) is 6.04 Å². The number of carboxylic acid groups (broad SMARTS) is 1. The van der Waals surface area contributed by atoms with Crippen molar-refractivity contribution in [2.45, 2.75) is 31.1 Å². The summed E-state index contributed by atoms with van der Waals surface area (Å²) in [6.45, 7) is 0.384. The molecule has 3 N–H and O–H groups in total. The van der Waals surface area contributed by atoms with Crippen LogP contribution in [0.15, 0.2) is 24.3 Å². The normalized spacial score (nSPS) is 19.0. The highest BCUT2D eigenvalue weighted by molar-refractivity contribution is 7.88. The van der Waals surface area contributed by atoms with Gasteiger partial charge in [-0.25, -0.2) is 18.4 Å². The van der Waals surface area contributed by atoms with Gasteiger partial charge in [0.15, 0.2) is 0 Å². The Kier molecular flexibility index (Phi) is 4.82. The molecule has 0 spiro atoms. The fourth-order valence-electron chi connectivity index (χ4n) is 2.62.